The van der Waals surface area contributed by atoms with Crippen LogP contribution in [0.15, 0.2) is 53.5 Å². The van der Waals surface area contributed by atoms with E-state index in [0.29, 0.717) is 23.8 Å². The minimum absolute atomic E-state index is 0. The summed E-state index contributed by atoms with van der Waals surface area (Å²) in [6.07, 6.45) is 1.13. The molecule has 4 nitrogen and oxygen atoms in total. The van der Waals surface area contributed by atoms with E-state index in [0.717, 1.165) is 17.9 Å². The number of hydrogen-bond acceptors (Lipinski definition) is 2. The van der Waals surface area contributed by atoms with Gasteiger partial charge in [-0.2, -0.15) is 0 Å². The number of methoxy groups -OCH3 is 1. The van der Waals surface area contributed by atoms with Crippen LogP contribution in [0.4, 0.5) is 5.69 Å². The first-order valence-corrected chi connectivity index (χ1v) is 7.58. The van der Waals surface area contributed by atoms with Crippen molar-refractivity contribution in [2.24, 2.45) is 16.6 Å². The molecule has 2 aliphatic carbocycles. The van der Waals surface area contributed by atoms with E-state index in [4.69, 9.17) is 10.5 Å². The molecular formula is C18H20IN3O. The summed E-state index contributed by atoms with van der Waals surface area (Å²) in [6, 6.07) is 16.7. The second-order valence-electron chi connectivity index (χ2n) is 5.95. The number of halogens is 1. The van der Waals surface area contributed by atoms with Crippen molar-refractivity contribution in [3.8, 4) is 5.75 Å². The van der Waals surface area contributed by atoms with E-state index in [1.54, 1.807) is 7.11 Å². The molecule has 3 unspecified atom stereocenters. The highest BCUT2D eigenvalue weighted by molar-refractivity contribution is 14.0. The minimum Gasteiger partial charge on any atom is -0.497 e. The summed E-state index contributed by atoms with van der Waals surface area (Å²) in [7, 11) is 1.65. The van der Waals surface area contributed by atoms with Gasteiger partial charge >= 0.3 is 0 Å². The van der Waals surface area contributed by atoms with Gasteiger partial charge in [-0.05, 0) is 35.6 Å². The standard InChI is InChI=1S/C18H19N3O.HI/c1-22-13-7-4-6-12(10-13)20-18(19)21-17-15-9-11-5-2-3-8-14(11)16(15)17;/h2-8,10,15-17H,9H2,1H3,(H3,19,20,21);1H. The molecule has 0 amide bonds. The van der Waals surface area contributed by atoms with Gasteiger partial charge in [0.1, 0.15) is 5.75 Å². The molecule has 3 N–H and O–H groups in total. The van der Waals surface area contributed by atoms with Crippen LogP contribution in [0, 0.1) is 5.92 Å². The van der Waals surface area contributed by atoms with Crippen LogP contribution in [0.2, 0.25) is 0 Å². The number of benzene rings is 2. The van der Waals surface area contributed by atoms with Gasteiger partial charge in [-0.15, -0.1) is 24.0 Å². The molecule has 0 aromatic heterocycles. The lowest BCUT2D eigenvalue weighted by Gasteiger charge is -2.08. The molecule has 2 aromatic rings. The molecule has 1 saturated carbocycles. The highest BCUT2D eigenvalue weighted by Gasteiger charge is 2.55. The van der Waals surface area contributed by atoms with Gasteiger partial charge < -0.3 is 15.8 Å². The summed E-state index contributed by atoms with van der Waals surface area (Å²) in [5.41, 5.74) is 9.88. The van der Waals surface area contributed by atoms with Crippen molar-refractivity contribution in [2.75, 3.05) is 12.4 Å². The summed E-state index contributed by atoms with van der Waals surface area (Å²) < 4.78 is 5.21. The zero-order valence-corrected chi connectivity index (χ0v) is 15.2. The molecule has 4 rings (SSSR count). The molecule has 23 heavy (non-hydrogen) atoms. The molecule has 0 heterocycles. The first kappa shape index (κ1) is 16.1. The summed E-state index contributed by atoms with van der Waals surface area (Å²) in [6.45, 7) is 0. The van der Waals surface area contributed by atoms with Gasteiger partial charge in [0.25, 0.3) is 0 Å². The molecule has 3 atom stereocenters. The predicted molar refractivity (Wildman–Crippen MR) is 104 cm³/mol. The number of guanidine groups is 1. The van der Waals surface area contributed by atoms with E-state index >= 15 is 0 Å². The number of anilines is 1. The Bertz CT molecular complexity index is 747. The Balaban J connectivity index is 0.00000156. The smallest absolute Gasteiger partial charge is 0.193 e. The summed E-state index contributed by atoms with van der Waals surface area (Å²) >= 11 is 0. The molecule has 2 aliphatic rings. The molecule has 0 saturated heterocycles. The zero-order valence-electron chi connectivity index (χ0n) is 12.9. The summed E-state index contributed by atoms with van der Waals surface area (Å²) in [5.74, 6) is 2.46. The maximum atomic E-state index is 6.06. The molecule has 0 spiro atoms. The van der Waals surface area contributed by atoms with E-state index in [-0.39, 0.29) is 24.0 Å². The van der Waals surface area contributed by atoms with Crippen LogP contribution in [-0.4, -0.2) is 19.1 Å². The Hall–Kier alpha value is -1.76. The zero-order chi connectivity index (χ0) is 15.1. The van der Waals surface area contributed by atoms with E-state index in [1.807, 2.05) is 24.3 Å². The largest absolute Gasteiger partial charge is 0.497 e. The Labute approximate surface area is 153 Å². The van der Waals surface area contributed by atoms with Gasteiger partial charge in [-0.25, -0.2) is 4.99 Å². The van der Waals surface area contributed by atoms with Crippen LogP contribution in [0.25, 0.3) is 0 Å². The van der Waals surface area contributed by atoms with E-state index in [9.17, 15) is 0 Å². The fourth-order valence-electron chi connectivity index (χ4n) is 3.53. The number of ether oxygens (including phenoxy) is 1. The number of rotatable bonds is 3. The molecule has 120 valence electrons. The molecule has 0 aliphatic heterocycles. The van der Waals surface area contributed by atoms with Crippen molar-refractivity contribution in [1.29, 1.82) is 0 Å². The number of nitrogens with one attached hydrogen (secondary N) is 1. The van der Waals surface area contributed by atoms with Crippen molar-refractivity contribution in [3.63, 3.8) is 0 Å². The maximum Gasteiger partial charge on any atom is 0.193 e. The lowest BCUT2D eigenvalue weighted by atomic mass is 10.1. The average Bonchev–Trinajstić information content (AvgIpc) is 3.04. The third-order valence-corrected chi connectivity index (χ3v) is 4.63. The highest BCUT2D eigenvalue weighted by atomic mass is 127. The molecule has 2 aromatic carbocycles. The van der Waals surface area contributed by atoms with Gasteiger partial charge in [-0.3, -0.25) is 0 Å². The molecular weight excluding hydrogens is 401 g/mol. The van der Waals surface area contributed by atoms with E-state index < -0.39 is 0 Å². The SMILES string of the molecule is COc1cccc(NC(N)=NC2C3Cc4ccccc4C32)c1.I. The van der Waals surface area contributed by atoms with Crippen LogP contribution in [0.3, 0.4) is 0 Å². The van der Waals surface area contributed by atoms with Crippen LogP contribution in [-0.2, 0) is 6.42 Å². The highest BCUT2D eigenvalue weighted by Crippen LogP contribution is 2.58. The van der Waals surface area contributed by atoms with Crippen molar-refractivity contribution in [3.05, 3.63) is 59.7 Å². The number of aliphatic imine (C=N–C) groups is 1. The van der Waals surface area contributed by atoms with Crippen LogP contribution >= 0.6 is 24.0 Å². The van der Waals surface area contributed by atoms with Crippen LogP contribution < -0.4 is 15.8 Å². The Kier molecular flexibility index (Phi) is 4.48. The lowest BCUT2D eigenvalue weighted by molar-refractivity contribution is 0.415. The normalized spacial score (nSPS) is 24.2. The van der Waals surface area contributed by atoms with E-state index in [2.05, 4.69) is 34.6 Å². The number of nitrogens with zero attached hydrogens (tertiary/aromatic N) is 1. The Morgan fingerprint density at radius 3 is 2.87 bits per heavy atom. The van der Waals surface area contributed by atoms with Crippen molar-refractivity contribution in [2.45, 2.75) is 18.4 Å². The molecule has 5 heteroatoms. The molecule has 0 radical (unpaired) electrons. The summed E-state index contributed by atoms with van der Waals surface area (Å²) in [5, 5.41) is 3.15. The van der Waals surface area contributed by atoms with Crippen molar-refractivity contribution < 1.29 is 4.74 Å². The monoisotopic (exact) mass is 421 g/mol. The first-order valence-electron chi connectivity index (χ1n) is 7.58. The number of fused-ring (bicyclic) bond motifs is 3. The first-order chi connectivity index (χ1) is 10.8. The van der Waals surface area contributed by atoms with E-state index in [1.165, 1.54) is 11.1 Å². The van der Waals surface area contributed by atoms with Gasteiger partial charge in [0.15, 0.2) is 5.96 Å². The third-order valence-electron chi connectivity index (χ3n) is 4.63. The topological polar surface area (TPSA) is 59.6 Å². The third kappa shape index (κ3) is 3.02. The summed E-state index contributed by atoms with van der Waals surface area (Å²) in [4.78, 5) is 4.67. The molecule has 0 bridgehead atoms. The van der Waals surface area contributed by atoms with Gasteiger partial charge in [-0.1, -0.05) is 30.3 Å². The number of hydrogen-bond donors (Lipinski definition) is 2. The van der Waals surface area contributed by atoms with Gasteiger partial charge in [0.05, 0.1) is 13.2 Å². The van der Waals surface area contributed by atoms with Crippen LogP contribution in [0.5, 0.6) is 5.75 Å². The lowest BCUT2D eigenvalue weighted by Crippen LogP contribution is -2.23. The predicted octanol–water partition coefficient (Wildman–Crippen LogP) is 3.38. The fraction of sp³-hybridized carbons (Fsp3) is 0.278. The Morgan fingerprint density at radius 2 is 2.04 bits per heavy atom. The van der Waals surface area contributed by atoms with Gasteiger partial charge in [0.2, 0.25) is 0 Å². The van der Waals surface area contributed by atoms with Crippen molar-refractivity contribution >= 4 is 35.6 Å². The Morgan fingerprint density at radius 1 is 1.22 bits per heavy atom. The minimum atomic E-state index is 0. The molecule has 1 fully saturated rings. The van der Waals surface area contributed by atoms with Gasteiger partial charge in [0, 0.05) is 17.7 Å². The average molecular weight is 421 g/mol. The van der Waals surface area contributed by atoms with Crippen molar-refractivity contribution in [1.82, 2.24) is 0 Å². The number of nitrogens with two attached hydrogens (primary N) is 1. The second-order valence-corrected chi connectivity index (χ2v) is 5.95. The fourth-order valence-corrected chi connectivity index (χ4v) is 3.53. The quantitative estimate of drug-likeness (QED) is 0.454. The van der Waals surface area contributed by atoms with Crippen LogP contribution in [0.1, 0.15) is 17.0 Å². The maximum absolute atomic E-state index is 6.06. The second kappa shape index (κ2) is 6.39.